The van der Waals surface area contributed by atoms with Crippen molar-refractivity contribution < 1.29 is 13.2 Å². The average Bonchev–Trinajstić information content (AvgIpc) is 1.60. The molecule has 3 fully saturated rings. The van der Waals surface area contributed by atoms with Crippen LogP contribution in [0.25, 0.3) is 66.5 Å². The van der Waals surface area contributed by atoms with Gasteiger partial charge in [-0.1, -0.05) is 104 Å². The summed E-state index contributed by atoms with van der Waals surface area (Å²) in [5.74, 6) is 2.77. The Morgan fingerprint density at radius 1 is 0.467 bits per heavy atom. The van der Waals surface area contributed by atoms with Gasteiger partial charge in [0.05, 0.1) is 79.8 Å². The average molecular weight is 1330 g/mol. The first-order chi connectivity index (χ1) is 44.1. The van der Waals surface area contributed by atoms with Crippen molar-refractivity contribution in [3.05, 3.63) is 177 Å². The molecule has 3 aliphatic carbocycles. The molecule has 92 heavy (non-hydrogen) atoms. The molecule has 0 radical (unpaired) electrons. The number of hydrogen-bond donors (Lipinski definition) is 0. The van der Waals surface area contributed by atoms with Crippen molar-refractivity contribution in [1.29, 1.82) is 0 Å². The highest BCUT2D eigenvalue weighted by Gasteiger charge is 2.34. The van der Waals surface area contributed by atoms with Gasteiger partial charge in [0.15, 0.2) is 11.3 Å². The number of para-hydroxylation sites is 3. The molecule has 15 rings (SSSR count). The third kappa shape index (κ3) is 12.7. The number of hydrogen-bond acceptors (Lipinski definition) is 8. The van der Waals surface area contributed by atoms with Crippen LogP contribution in [0.4, 0.5) is 13.2 Å². The molecule has 0 bridgehead atoms. The quantitative estimate of drug-likeness (QED) is 0.0768. The molecule has 0 N–H and O–H groups in total. The lowest BCUT2D eigenvalue weighted by Crippen LogP contribution is -2.25. The molecule has 0 saturated heterocycles. The number of halogens is 7. The zero-order valence-electron chi connectivity index (χ0n) is 52.1. The molecule has 9 heterocycles. The van der Waals surface area contributed by atoms with Crippen molar-refractivity contribution in [2.45, 2.75) is 169 Å². The summed E-state index contributed by atoms with van der Waals surface area (Å²) in [5, 5.41) is 1.77. The second kappa shape index (κ2) is 25.3. The summed E-state index contributed by atoms with van der Waals surface area (Å²) in [4.78, 5) is 62.8. The minimum absolute atomic E-state index is 0.0333. The van der Waals surface area contributed by atoms with Crippen molar-refractivity contribution in [2.24, 2.45) is 11.8 Å². The van der Waals surface area contributed by atoms with Crippen molar-refractivity contribution in [3.8, 4) is 0 Å². The van der Waals surface area contributed by atoms with E-state index in [9.17, 15) is 27.6 Å². The molecule has 0 aliphatic heterocycles. The van der Waals surface area contributed by atoms with Gasteiger partial charge in [-0.15, -0.1) is 0 Å². The van der Waals surface area contributed by atoms with E-state index >= 15 is 0 Å². The van der Waals surface area contributed by atoms with Gasteiger partial charge in [0.25, 0.3) is 0 Å². The molecule has 12 aromatic rings. The molecule has 3 aliphatic rings. The van der Waals surface area contributed by atoms with Crippen molar-refractivity contribution >= 4 is 113 Å². The number of nitrogens with zero attached hydrogens (tertiary/aromatic N) is 14. The van der Waals surface area contributed by atoms with E-state index in [0.29, 0.717) is 73.8 Å². The van der Waals surface area contributed by atoms with E-state index in [0.717, 1.165) is 137 Å². The van der Waals surface area contributed by atoms with Crippen LogP contribution in [0.1, 0.15) is 138 Å². The van der Waals surface area contributed by atoms with Crippen LogP contribution in [-0.2, 0) is 39.3 Å². The molecule has 3 aromatic carbocycles. The predicted molar refractivity (Wildman–Crippen MR) is 359 cm³/mol. The van der Waals surface area contributed by atoms with Gasteiger partial charge in [0.1, 0.15) is 27.1 Å². The molecule has 0 spiro atoms. The SMILES string of the molecule is CC(C)CCn1c(Cn2c(=O)n(C3CC3)c3c(Cl)cccc32)nc2nc(Cl)ccc21.Cc1cccc2c1n(C1CC1)c(=O)n2Cc1cc2nc(Cl)ccc2n1CCCC(F)(F)F.Cc1cccc2c1n(C1CC1)c(=O)n2Cc1nc2nc(Cl)ccc2n1CCC(C)C. The topological polar surface area (TPSA) is 160 Å². The number of alkyl halides is 3. The second-order valence-corrected chi connectivity index (χ2v) is 27.2. The normalized spacial score (nSPS) is 14.5. The Morgan fingerprint density at radius 2 is 0.880 bits per heavy atom. The van der Waals surface area contributed by atoms with Crippen LogP contribution in [0.5, 0.6) is 0 Å². The van der Waals surface area contributed by atoms with Crippen LogP contribution in [0.15, 0.2) is 111 Å². The Kier molecular flexibility index (Phi) is 17.4. The van der Waals surface area contributed by atoms with Gasteiger partial charge in [-0.05, 0) is 161 Å². The van der Waals surface area contributed by atoms with Gasteiger partial charge < -0.3 is 13.7 Å². The van der Waals surface area contributed by atoms with Gasteiger partial charge in [0.2, 0.25) is 0 Å². The van der Waals surface area contributed by atoms with E-state index in [2.05, 4.69) is 64.8 Å². The smallest absolute Gasteiger partial charge is 0.342 e. The number of fused-ring (bicyclic) bond motifs is 6. The third-order valence-corrected chi connectivity index (χ3v) is 18.7. The molecule has 0 atom stereocenters. The van der Waals surface area contributed by atoms with E-state index in [1.807, 2.05) is 96.5 Å². The van der Waals surface area contributed by atoms with E-state index < -0.39 is 12.6 Å². The van der Waals surface area contributed by atoms with Crippen LogP contribution in [0.3, 0.4) is 0 Å². The summed E-state index contributed by atoms with van der Waals surface area (Å²) in [6, 6.07) is 31.2. The first-order valence-corrected chi connectivity index (χ1v) is 33.2. The number of pyridine rings is 3. The Balaban J connectivity index is 0.000000126. The van der Waals surface area contributed by atoms with Gasteiger partial charge in [-0.3, -0.25) is 27.4 Å². The zero-order valence-corrected chi connectivity index (χ0v) is 55.1. The standard InChI is InChI=1S/C23H22ClF3N4O.C23H26ClN5O.C22H23Cl2N5O/c1-14-4-2-5-19-21(14)31(15-6-7-15)22(32)30(19)13-16-12-17-18(8-9-20(24)28-17)29(16)11-3-10-23(25,26)27;1-14(2)11-12-27-18-9-10-19(24)25-22(18)26-20(27)13-28-17-6-4-5-15(3)21(17)29(23(28)30)16-7-8-16;1-13(2)10-11-27-17-8-9-18(24)25-21(17)26-19(27)12-28-16-5-3-4-15(23)20(16)29(22(28)30)14-6-7-14/h2,4-5,8-9,12,15H,3,6-7,10-11,13H2,1H3;4-6,9-10,14,16H,7-8,11-13H2,1-3H3;3-5,8-9,13-14H,6-7,10-12H2,1-2H3. The summed E-state index contributed by atoms with van der Waals surface area (Å²) in [6.45, 7) is 15.7. The molecule has 0 amide bonds. The fourth-order valence-electron chi connectivity index (χ4n) is 12.8. The maximum atomic E-state index is 13.4. The molecule has 3 saturated carbocycles. The van der Waals surface area contributed by atoms with Crippen LogP contribution in [0.2, 0.25) is 20.5 Å². The lowest BCUT2D eigenvalue weighted by atomic mass is 10.1. The van der Waals surface area contributed by atoms with E-state index in [-0.39, 0.29) is 48.7 Å². The summed E-state index contributed by atoms with van der Waals surface area (Å²) in [5.41, 5.74) is 12.7. The first kappa shape index (κ1) is 63.1. The molecule has 9 aromatic heterocycles. The fraction of sp³-hybridized carbons (Fsp3) is 0.412. The maximum absolute atomic E-state index is 13.4. The maximum Gasteiger partial charge on any atom is 0.389 e. The predicted octanol–water partition coefficient (Wildman–Crippen LogP) is 16.1. The van der Waals surface area contributed by atoms with Crippen LogP contribution < -0.4 is 17.1 Å². The second-order valence-electron chi connectivity index (χ2n) is 25.6. The summed E-state index contributed by atoms with van der Waals surface area (Å²) < 4.78 is 55.6. The van der Waals surface area contributed by atoms with Gasteiger partial charge >= 0.3 is 23.2 Å². The molecule has 17 nitrogen and oxygen atoms in total. The number of benzene rings is 3. The van der Waals surface area contributed by atoms with Gasteiger partial charge in [-0.2, -0.15) is 13.2 Å². The minimum atomic E-state index is -4.21. The lowest BCUT2D eigenvalue weighted by molar-refractivity contribution is -0.135. The van der Waals surface area contributed by atoms with E-state index in [1.54, 1.807) is 33.4 Å². The van der Waals surface area contributed by atoms with Crippen molar-refractivity contribution in [1.82, 2.24) is 66.0 Å². The van der Waals surface area contributed by atoms with Crippen molar-refractivity contribution in [2.75, 3.05) is 0 Å². The number of aryl methyl sites for hydroxylation is 5. The first-order valence-electron chi connectivity index (χ1n) is 31.6. The molecule has 0 unspecified atom stereocenters. The number of rotatable bonds is 18. The van der Waals surface area contributed by atoms with Crippen LogP contribution in [-0.4, -0.2) is 72.2 Å². The lowest BCUT2D eigenvalue weighted by Gasteiger charge is -2.12. The Morgan fingerprint density at radius 3 is 1.33 bits per heavy atom. The molecular formula is C68H71Cl4F3N14O3. The highest BCUT2D eigenvalue weighted by molar-refractivity contribution is 6.35. The zero-order chi connectivity index (χ0) is 64.6. The van der Waals surface area contributed by atoms with Gasteiger partial charge in [0, 0.05) is 49.9 Å². The Bertz CT molecular complexity index is 4780. The Hall–Kier alpha value is -7.65. The highest BCUT2D eigenvalue weighted by Crippen LogP contribution is 2.40. The summed E-state index contributed by atoms with van der Waals surface area (Å²) >= 11 is 24.8. The van der Waals surface area contributed by atoms with Gasteiger partial charge in [-0.25, -0.2) is 39.3 Å². The number of imidazole rings is 5. The van der Waals surface area contributed by atoms with Crippen LogP contribution in [0, 0.1) is 25.7 Å². The van der Waals surface area contributed by atoms with E-state index in [4.69, 9.17) is 56.4 Å². The third-order valence-electron chi connectivity index (χ3n) is 17.8. The minimum Gasteiger partial charge on any atom is -0.342 e. The summed E-state index contributed by atoms with van der Waals surface area (Å²) in [6.07, 6.45) is 3.03. The molecular weight excluding hydrogens is 1260 g/mol. The highest BCUT2D eigenvalue weighted by atomic mass is 35.5. The largest absolute Gasteiger partial charge is 0.389 e. The molecule has 480 valence electrons. The summed E-state index contributed by atoms with van der Waals surface area (Å²) in [7, 11) is 0. The van der Waals surface area contributed by atoms with Crippen molar-refractivity contribution in [3.63, 3.8) is 0 Å². The van der Waals surface area contributed by atoms with Crippen LogP contribution >= 0.6 is 46.4 Å². The monoisotopic (exact) mass is 1330 g/mol. The fourth-order valence-corrected chi connectivity index (χ4v) is 13.5. The molecule has 24 heteroatoms. The Labute approximate surface area is 547 Å². The number of aromatic nitrogens is 14. The van der Waals surface area contributed by atoms with E-state index in [1.165, 1.54) is 0 Å².